The van der Waals surface area contributed by atoms with Crippen molar-refractivity contribution in [2.24, 2.45) is 5.73 Å². The molecule has 0 unspecified atom stereocenters. The molecule has 1 rings (SSSR count). The van der Waals surface area contributed by atoms with E-state index < -0.39 is 34.4 Å². The molecule has 0 aromatic carbocycles. The number of rotatable bonds is 8. The zero-order chi connectivity index (χ0) is 15.2. The molecule has 0 aliphatic heterocycles. The molecule has 1 atom stereocenters. The lowest BCUT2D eigenvalue weighted by Crippen LogP contribution is -2.44. The van der Waals surface area contributed by atoms with E-state index in [2.05, 4.69) is 4.98 Å². The summed E-state index contributed by atoms with van der Waals surface area (Å²) in [6, 6.07) is 1.77. The molecule has 0 saturated carbocycles. The van der Waals surface area contributed by atoms with Gasteiger partial charge in [-0.25, -0.2) is 13.1 Å². The van der Waals surface area contributed by atoms with Crippen LogP contribution in [-0.4, -0.2) is 42.2 Å². The van der Waals surface area contributed by atoms with Gasteiger partial charge in [-0.3, -0.25) is 14.6 Å². The standard InChI is InChI=1S/C11H15N3O5S/c12-10(15)7-9(11(16)17)14-20(18,19)6-3-8-1-4-13-5-2-8/h1-2,4-5,9,14H,3,6-7H2,(H2,12,15)(H,16,17)/t9-/m1/s1. The SMILES string of the molecule is NC(=O)C[C@@H](NS(=O)(=O)CCc1ccncc1)C(=O)O. The predicted molar refractivity (Wildman–Crippen MR) is 70.1 cm³/mol. The fourth-order valence-electron chi connectivity index (χ4n) is 1.46. The molecule has 0 aliphatic rings. The lowest BCUT2D eigenvalue weighted by atomic mass is 10.2. The molecular formula is C11H15N3O5S. The number of pyridine rings is 1. The fraction of sp³-hybridized carbons (Fsp3) is 0.364. The molecule has 8 nitrogen and oxygen atoms in total. The topological polar surface area (TPSA) is 139 Å². The zero-order valence-corrected chi connectivity index (χ0v) is 11.3. The molecule has 110 valence electrons. The summed E-state index contributed by atoms with van der Waals surface area (Å²) in [5.41, 5.74) is 5.63. The summed E-state index contributed by atoms with van der Waals surface area (Å²) in [6.45, 7) is 0. The van der Waals surface area contributed by atoms with Crippen molar-refractivity contribution >= 4 is 21.9 Å². The van der Waals surface area contributed by atoms with Crippen LogP contribution in [0.1, 0.15) is 12.0 Å². The smallest absolute Gasteiger partial charge is 0.322 e. The normalized spacial score (nSPS) is 12.8. The van der Waals surface area contributed by atoms with Crippen molar-refractivity contribution in [3.8, 4) is 0 Å². The number of carbonyl (C=O) groups excluding carboxylic acids is 1. The summed E-state index contributed by atoms with van der Waals surface area (Å²) < 4.78 is 25.5. The van der Waals surface area contributed by atoms with Crippen molar-refractivity contribution in [2.45, 2.75) is 18.9 Å². The van der Waals surface area contributed by atoms with Gasteiger partial charge in [-0.15, -0.1) is 0 Å². The second kappa shape index (κ2) is 6.96. The van der Waals surface area contributed by atoms with Gasteiger partial charge in [0.25, 0.3) is 0 Å². The van der Waals surface area contributed by atoms with Gasteiger partial charge in [0, 0.05) is 12.4 Å². The van der Waals surface area contributed by atoms with Crippen molar-refractivity contribution in [1.82, 2.24) is 9.71 Å². The minimum Gasteiger partial charge on any atom is -0.480 e. The first-order chi connectivity index (χ1) is 9.30. The first-order valence-electron chi connectivity index (χ1n) is 5.70. The lowest BCUT2D eigenvalue weighted by molar-refractivity contribution is -0.140. The Bertz CT molecular complexity index is 573. The Hall–Kier alpha value is -2.00. The van der Waals surface area contributed by atoms with Gasteiger partial charge < -0.3 is 10.8 Å². The highest BCUT2D eigenvalue weighted by Gasteiger charge is 2.25. The van der Waals surface area contributed by atoms with E-state index in [1.54, 1.807) is 12.1 Å². The number of amides is 1. The summed E-state index contributed by atoms with van der Waals surface area (Å²) in [7, 11) is -3.83. The van der Waals surface area contributed by atoms with Crippen LogP contribution in [0.2, 0.25) is 0 Å². The van der Waals surface area contributed by atoms with Gasteiger partial charge in [-0.2, -0.15) is 0 Å². The minimum absolute atomic E-state index is 0.209. The van der Waals surface area contributed by atoms with E-state index in [0.29, 0.717) is 0 Å². The van der Waals surface area contributed by atoms with Gasteiger partial charge in [0.15, 0.2) is 0 Å². The molecule has 4 N–H and O–H groups in total. The van der Waals surface area contributed by atoms with E-state index >= 15 is 0 Å². The van der Waals surface area contributed by atoms with Crippen molar-refractivity contribution in [3.63, 3.8) is 0 Å². The van der Waals surface area contributed by atoms with Gasteiger partial charge in [-0.1, -0.05) is 0 Å². The average molecular weight is 301 g/mol. The molecule has 1 amide bonds. The number of carboxylic acid groups (broad SMARTS) is 1. The largest absolute Gasteiger partial charge is 0.480 e. The second-order valence-electron chi connectivity index (χ2n) is 4.10. The number of hydrogen-bond acceptors (Lipinski definition) is 5. The Balaban J connectivity index is 2.63. The minimum atomic E-state index is -3.83. The van der Waals surface area contributed by atoms with Crippen LogP contribution in [0.25, 0.3) is 0 Å². The Morgan fingerprint density at radius 3 is 2.45 bits per heavy atom. The highest BCUT2D eigenvalue weighted by Crippen LogP contribution is 2.02. The van der Waals surface area contributed by atoms with Crippen LogP contribution in [0.5, 0.6) is 0 Å². The summed E-state index contributed by atoms with van der Waals surface area (Å²) in [5, 5.41) is 8.83. The number of carboxylic acids is 1. The van der Waals surface area contributed by atoms with E-state index in [0.717, 1.165) is 5.56 Å². The Labute approximate surface area is 116 Å². The maximum atomic E-state index is 11.8. The lowest BCUT2D eigenvalue weighted by Gasteiger charge is -2.13. The molecule has 0 spiro atoms. The molecular weight excluding hydrogens is 286 g/mol. The zero-order valence-electron chi connectivity index (χ0n) is 10.5. The summed E-state index contributed by atoms with van der Waals surface area (Å²) >= 11 is 0. The van der Waals surface area contributed by atoms with Crippen molar-refractivity contribution < 1.29 is 23.1 Å². The molecule has 1 aromatic heterocycles. The monoisotopic (exact) mass is 301 g/mol. The van der Waals surface area contributed by atoms with E-state index in [1.165, 1.54) is 12.4 Å². The molecule has 0 radical (unpaired) electrons. The number of nitrogens with zero attached hydrogens (tertiary/aromatic N) is 1. The van der Waals surface area contributed by atoms with E-state index in [9.17, 15) is 18.0 Å². The number of primary amides is 1. The molecule has 0 fully saturated rings. The van der Waals surface area contributed by atoms with Crippen molar-refractivity contribution in [1.29, 1.82) is 0 Å². The van der Waals surface area contributed by atoms with Crippen molar-refractivity contribution in [2.75, 3.05) is 5.75 Å². The molecule has 1 aromatic rings. The summed E-state index contributed by atoms with van der Waals surface area (Å²) in [5.74, 6) is -2.63. The van der Waals surface area contributed by atoms with Crippen LogP contribution < -0.4 is 10.5 Å². The summed E-state index contributed by atoms with van der Waals surface area (Å²) in [4.78, 5) is 25.3. The van der Waals surface area contributed by atoms with Crippen LogP contribution in [0.4, 0.5) is 0 Å². The number of aromatic nitrogens is 1. The van der Waals surface area contributed by atoms with E-state index in [4.69, 9.17) is 10.8 Å². The Morgan fingerprint density at radius 1 is 1.35 bits per heavy atom. The number of aliphatic carboxylic acids is 1. The molecule has 0 aliphatic carbocycles. The third kappa shape index (κ3) is 5.76. The van der Waals surface area contributed by atoms with Crippen LogP contribution in [-0.2, 0) is 26.0 Å². The number of sulfonamides is 1. The highest BCUT2D eigenvalue weighted by molar-refractivity contribution is 7.89. The molecule has 0 saturated heterocycles. The van der Waals surface area contributed by atoms with Gasteiger partial charge in [0.2, 0.25) is 15.9 Å². The molecule has 9 heteroatoms. The number of carbonyl (C=O) groups is 2. The van der Waals surface area contributed by atoms with Crippen LogP contribution in [0.3, 0.4) is 0 Å². The number of nitrogens with two attached hydrogens (primary N) is 1. The van der Waals surface area contributed by atoms with Gasteiger partial charge in [-0.05, 0) is 24.1 Å². The highest BCUT2D eigenvalue weighted by atomic mass is 32.2. The van der Waals surface area contributed by atoms with E-state index in [1.807, 2.05) is 4.72 Å². The average Bonchev–Trinajstić information content (AvgIpc) is 2.36. The number of aryl methyl sites for hydroxylation is 1. The second-order valence-corrected chi connectivity index (χ2v) is 5.98. The first-order valence-corrected chi connectivity index (χ1v) is 7.35. The van der Waals surface area contributed by atoms with Crippen molar-refractivity contribution in [3.05, 3.63) is 30.1 Å². The third-order valence-corrected chi connectivity index (χ3v) is 3.82. The Morgan fingerprint density at radius 2 is 1.95 bits per heavy atom. The summed E-state index contributed by atoms with van der Waals surface area (Å²) in [6.07, 6.45) is 2.68. The van der Waals surface area contributed by atoms with Crippen LogP contribution in [0, 0.1) is 0 Å². The van der Waals surface area contributed by atoms with Crippen LogP contribution in [0.15, 0.2) is 24.5 Å². The molecule has 20 heavy (non-hydrogen) atoms. The predicted octanol–water partition coefficient (Wildman–Crippen LogP) is -1.13. The maximum absolute atomic E-state index is 11.8. The fourth-order valence-corrected chi connectivity index (χ4v) is 2.70. The maximum Gasteiger partial charge on any atom is 0.322 e. The number of hydrogen-bond donors (Lipinski definition) is 3. The quantitative estimate of drug-likeness (QED) is 0.555. The van der Waals surface area contributed by atoms with Gasteiger partial charge in [0.1, 0.15) is 6.04 Å². The Kier molecular flexibility index (Phi) is 5.59. The van der Waals surface area contributed by atoms with E-state index in [-0.39, 0.29) is 12.2 Å². The van der Waals surface area contributed by atoms with Crippen LogP contribution >= 0.6 is 0 Å². The first kappa shape index (κ1) is 16.1. The number of nitrogens with one attached hydrogen (secondary N) is 1. The van der Waals surface area contributed by atoms with Gasteiger partial charge >= 0.3 is 5.97 Å². The molecule has 0 bridgehead atoms. The molecule has 1 heterocycles. The van der Waals surface area contributed by atoms with Gasteiger partial charge in [0.05, 0.1) is 12.2 Å². The third-order valence-electron chi connectivity index (χ3n) is 2.43.